The molecule has 0 aromatic carbocycles. The third-order valence-electron chi connectivity index (χ3n) is 1.16. The number of hydrogen-bond acceptors (Lipinski definition) is 1. The van der Waals surface area contributed by atoms with E-state index < -0.39 is 0 Å². The first-order valence-corrected chi connectivity index (χ1v) is 5.84. The minimum atomic E-state index is 0.786. The van der Waals surface area contributed by atoms with Gasteiger partial charge < -0.3 is 0 Å². The van der Waals surface area contributed by atoms with E-state index in [-0.39, 0.29) is 0 Å². The van der Waals surface area contributed by atoms with Gasteiger partial charge in [0.05, 0.1) is 0 Å². The first-order chi connectivity index (χ1) is 4.91. The molecule has 1 nitrogen and oxygen atoms in total. The van der Waals surface area contributed by atoms with Crippen molar-refractivity contribution in [2.24, 2.45) is 0 Å². The molecule has 0 N–H and O–H groups in total. The molecule has 0 bridgehead atoms. The number of allylic oxidation sites excluding steroid dienone is 1. The molecular formula is C8H15OSn. The van der Waals surface area contributed by atoms with Crippen molar-refractivity contribution in [3.05, 3.63) is 12.3 Å². The van der Waals surface area contributed by atoms with Gasteiger partial charge in [0.2, 0.25) is 0 Å². The molecule has 0 aliphatic heterocycles. The second-order valence-corrected chi connectivity index (χ2v) is 3.50. The summed E-state index contributed by atoms with van der Waals surface area (Å²) >= 11 is 1.66. The van der Waals surface area contributed by atoms with Gasteiger partial charge in [-0.1, -0.05) is 0 Å². The van der Waals surface area contributed by atoms with Crippen molar-refractivity contribution < 1.29 is 4.74 Å². The second-order valence-electron chi connectivity index (χ2n) is 2.07. The molecule has 2 heteroatoms. The molecule has 0 aromatic heterocycles. The third kappa shape index (κ3) is 8.34. The first kappa shape index (κ1) is 10.3. The van der Waals surface area contributed by atoms with Crippen LogP contribution in [-0.2, 0) is 4.74 Å². The van der Waals surface area contributed by atoms with Crippen LogP contribution in [0.15, 0.2) is 12.3 Å². The van der Waals surface area contributed by atoms with Gasteiger partial charge >= 0.3 is 76.8 Å². The van der Waals surface area contributed by atoms with E-state index in [1.54, 1.807) is 22.5 Å². The van der Waals surface area contributed by atoms with Crippen LogP contribution < -0.4 is 0 Å². The molecule has 0 aromatic rings. The fourth-order valence-corrected chi connectivity index (χ4v) is 1.33. The topological polar surface area (TPSA) is 9.23 Å². The van der Waals surface area contributed by atoms with Crippen LogP contribution in [-0.4, -0.2) is 29.1 Å². The average molecular weight is 246 g/mol. The van der Waals surface area contributed by atoms with Crippen molar-refractivity contribution in [1.82, 2.24) is 0 Å². The third-order valence-corrected chi connectivity index (χ3v) is 2.17. The Morgan fingerprint density at radius 2 is 2.20 bits per heavy atom. The van der Waals surface area contributed by atoms with E-state index in [0.29, 0.717) is 0 Å². The van der Waals surface area contributed by atoms with Crippen LogP contribution in [0.4, 0.5) is 0 Å². The van der Waals surface area contributed by atoms with Crippen molar-refractivity contribution in [1.29, 1.82) is 0 Å². The summed E-state index contributed by atoms with van der Waals surface area (Å²) in [6.07, 6.45) is 7.77. The molecule has 0 saturated heterocycles. The summed E-state index contributed by atoms with van der Waals surface area (Å²) in [5, 5.41) is 0. The van der Waals surface area contributed by atoms with Crippen LogP contribution in [0.3, 0.4) is 0 Å². The van der Waals surface area contributed by atoms with Gasteiger partial charge in [-0.3, -0.25) is 0 Å². The monoisotopic (exact) mass is 247 g/mol. The Kier molecular flexibility index (Phi) is 9.66. The van der Waals surface area contributed by atoms with Crippen LogP contribution in [0.25, 0.3) is 0 Å². The zero-order chi connectivity index (χ0) is 7.66. The number of rotatable bonds is 6. The molecule has 3 radical (unpaired) electrons. The van der Waals surface area contributed by atoms with Crippen LogP contribution in [0, 0.1) is 0 Å². The summed E-state index contributed by atoms with van der Waals surface area (Å²) in [6, 6.07) is 0. The van der Waals surface area contributed by atoms with Gasteiger partial charge in [0.1, 0.15) is 0 Å². The van der Waals surface area contributed by atoms with Crippen molar-refractivity contribution in [2.75, 3.05) is 6.61 Å². The van der Waals surface area contributed by atoms with E-state index in [4.69, 9.17) is 4.74 Å². The Balaban J connectivity index is 2.88. The van der Waals surface area contributed by atoms with E-state index in [2.05, 4.69) is 6.08 Å². The Morgan fingerprint density at radius 1 is 1.40 bits per heavy atom. The predicted octanol–water partition coefficient (Wildman–Crippen LogP) is 2.29. The molecule has 0 aliphatic carbocycles. The van der Waals surface area contributed by atoms with E-state index in [0.717, 1.165) is 6.61 Å². The molecule has 0 atom stereocenters. The molecule has 0 amide bonds. The molecule has 0 aliphatic rings. The summed E-state index contributed by atoms with van der Waals surface area (Å²) in [7, 11) is 0. The van der Waals surface area contributed by atoms with E-state index >= 15 is 0 Å². The van der Waals surface area contributed by atoms with Crippen molar-refractivity contribution in [3.63, 3.8) is 0 Å². The molecule has 0 heterocycles. The minimum absolute atomic E-state index is 0.786. The van der Waals surface area contributed by atoms with Gasteiger partial charge in [0, 0.05) is 0 Å². The average Bonchev–Trinajstić information content (AvgIpc) is 1.97. The summed E-state index contributed by atoms with van der Waals surface area (Å²) < 4.78 is 6.42. The molecule has 0 fully saturated rings. The Bertz CT molecular complexity index is 81.3. The molecule has 0 spiro atoms. The van der Waals surface area contributed by atoms with Crippen LogP contribution in [0.2, 0.25) is 4.44 Å². The van der Waals surface area contributed by atoms with E-state index in [1.165, 1.54) is 23.7 Å². The quantitative estimate of drug-likeness (QED) is 0.397. The zero-order valence-corrected chi connectivity index (χ0v) is 9.45. The van der Waals surface area contributed by atoms with Gasteiger partial charge in [-0.2, -0.15) is 0 Å². The summed E-state index contributed by atoms with van der Waals surface area (Å²) in [6.45, 7) is 2.79. The number of ether oxygens (including phenoxy) is 1. The van der Waals surface area contributed by atoms with Gasteiger partial charge in [0.15, 0.2) is 0 Å². The van der Waals surface area contributed by atoms with Gasteiger partial charge in [-0.05, 0) is 0 Å². The van der Waals surface area contributed by atoms with Crippen molar-refractivity contribution in [2.45, 2.75) is 30.6 Å². The summed E-state index contributed by atoms with van der Waals surface area (Å²) in [4.78, 5) is 0. The van der Waals surface area contributed by atoms with Crippen LogP contribution >= 0.6 is 0 Å². The van der Waals surface area contributed by atoms with Gasteiger partial charge in [0.25, 0.3) is 0 Å². The number of unbranched alkanes of at least 4 members (excludes halogenated alkanes) is 2. The van der Waals surface area contributed by atoms with Crippen LogP contribution in [0.5, 0.6) is 0 Å². The molecule has 0 saturated carbocycles. The normalized spacial score (nSPS) is 10.6. The molecule has 0 rings (SSSR count). The standard InChI is InChI=1S/C8H15O.Sn/c1-3-5-6-7-8-9-4-2;/h7-8H,1,3-6H2,2H3;. The number of hydrogen-bond donors (Lipinski definition) is 0. The maximum atomic E-state index is 5.04. The maximum absolute atomic E-state index is 5.04. The first-order valence-electron chi connectivity index (χ1n) is 3.83. The summed E-state index contributed by atoms with van der Waals surface area (Å²) in [5.74, 6) is 0. The van der Waals surface area contributed by atoms with E-state index in [1.807, 2.05) is 13.2 Å². The predicted molar refractivity (Wildman–Crippen MR) is 45.2 cm³/mol. The van der Waals surface area contributed by atoms with Gasteiger partial charge in [-0.25, -0.2) is 0 Å². The molecule has 57 valence electrons. The summed E-state index contributed by atoms with van der Waals surface area (Å²) in [5.41, 5.74) is 0. The van der Waals surface area contributed by atoms with Gasteiger partial charge in [-0.15, -0.1) is 0 Å². The van der Waals surface area contributed by atoms with Crippen molar-refractivity contribution in [3.8, 4) is 0 Å². The second kappa shape index (κ2) is 9.34. The molecule has 0 unspecified atom stereocenters. The fraction of sp³-hybridized carbons (Fsp3) is 0.750. The fourth-order valence-electron chi connectivity index (χ4n) is 0.619. The Morgan fingerprint density at radius 3 is 2.80 bits per heavy atom. The van der Waals surface area contributed by atoms with E-state index in [9.17, 15) is 0 Å². The molecule has 10 heavy (non-hydrogen) atoms. The Labute approximate surface area is 76.9 Å². The molecular weight excluding hydrogens is 231 g/mol. The van der Waals surface area contributed by atoms with Crippen LogP contribution in [0.1, 0.15) is 26.2 Å². The zero-order valence-electron chi connectivity index (χ0n) is 6.60. The van der Waals surface area contributed by atoms with Crippen molar-refractivity contribution >= 4 is 22.5 Å². The SMILES string of the molecule is CCOC=CCCC[CH2][Sn]. The Hall–Kier alpha value is 0.339.